The topological polar surface area (TPSA) is 3.24 Å². The summed E-state index contributed by atoms with van der Waals surface area (Å²) in [5.41, 5.74) is 0.791. The molecule has 0 saturated carbocycles. The number of alkyl halides is 3. The monoisotopic (exact) mass is 279 g/mol. The Bertz CT molecular complexity index is 561. The van der Waals surface area contributed by atoms with Gasteiger partial charge in [0.05, 0.1) is 5.56 Å². The zero-order valence-corrected chi connectivity index (χ0v) is 11.4. The maximum Gasteiger partial charge on any atom is 0.416 e. The van der Waals surface area contributed by atoms with Crippen LogP contribution in [0.4, 0.5) is 24.5 Å². The van der Waals surface area contributed by atoms with Crippen LogP contribution in [0, 0.1) is 0 Å². The van der Waals surface area contributed by atoms with Crippen LogP contribution in [0.2, 0.25) is 0 Å². The highest BCUT2D eigenvalue weighted by molar-refractivity contribution is 5.64. The highest BCUT2D eigenvalue weighted by atomic mass is 19.4. The van der Waals surface area contributed by atoms with Crippen molar-refractivity contribution in [1.29, 1.82) is 0 Å². The van der Waals surface area contributed by atoms with Gasteiger partial charge in [0.2, 0.25) is 0 Å². The van der Waals surface area contributed by atoms with Gasteiger partial charge in [-0.25, -0.2) is 0 Å². The van der Waals surface area contributed by atoms with Crippen LogP contribution in [-0.4, -0.2) is 6.04 Å². The van der Waals surface area contributed by atoms with Crippen LogP contribution in [0.15, 0.2) is 54.6 Å². The van der Waals surface area contributed by atoms with E-state index in [0.29, 0.717) is 5.69 Å². The number of hydrogen-bond acceptors (Lipinski definition) is 1. The minimum Gasteiger partial charge on any atom is -0.339 e. The molecule has 4 heteroatoms. The maximum absolute atomic E-state index is 12.8. The third-order valence-electron chi connectivity index (χ3n) is 3.00. The van der Waals surface area contributed by atoms with Crippen LogP contribution in [0.1, 0.15) is 19.4 Å². The summed E-state index contributed by atoms with van der Waals surface area (Å²) in [6.07, 6.45) is -4.32. The largest absolute Gasteiger partial charge is 0.416 e. The first-order valence-electron chi connectivity index (χ1n) is 6.41. The molecule has 0 atom stereocenters. The molecule has 2 rings (SSSR count). The van der Waals surface area contributed by atoms with Crippen LogP contribution in [-0.2, 0) is 6.18 Å². The Labute approximate surface area is 116 Å². The fourth-order valence-corrected chi connectivity index (χ4v) is 2.17. The molecular weight excluding hydrogens is 263 g/mol. The summed E-state index contributed by atoms with van der Waals surface area (Å²) in [5, 5.41) is 0. The average molecular weight is 279 g/mol. The van der Waals surface area contributed by atoms with Crippen molar-refractivity contribution in [3.63, 3.8) is 0 Å². The fraction of sp³-hybridized carbons (Fsp3) is 0.250. The first-order valence-corrected chi connectivity index (χ1v) is 6.41. The highest BCUT2D eigenvalue weighted by Gasteiger charge is 2.31. The van der Waals surface area contributed by atoms with E-state index in [1.807, 2.05) is 49.1 Å². The van der Waals surface area contributed by atoms with Gasteiger partial charge in [-0.1, -0.05) is 24.3 Å². The molecule has 2 aromatic carbocycles. The van der Waals surface area contributed by atoms with Gasteiger partial charge in [0.25, 0.3) is 0 Å². The molecule has 1 nitrogen and oxygen atoms in total. The van der Waals surface area contributed by atoms with E-state index in [-0.39, 0.29) is 6.04 Å². The van der Waals surface area contributed by atoms with E-state index in [4.69, 9.17) is 0 Å². The number of nitrogens with zero attached hydrogens (tertiary/aromatic N) is 1. The van der Waals surface area contributed by atoms with Crippen LogP contribution < -0.4 is 4.90 Å². The van der Waals surface area contributed by atoms with Gasteiger partial charge in [-0.15, -0.1) is 0 Å². The third kappa shape index (κ3) is 3.13. The Morgan fingerprint density at radius 3 is 2.00 bits per heavy atom. The average Bonchev–Trinajstić information content (AvgIpc) is 2.39. The van der Waals surface area contributed by atoms with Gasteiger partial charge in [0.1, 0.15) is 0 Å². The summed E-state index contributed by atoms with van der Waals surface area (Å²) >= 11 is 0. The van der Waals surface area contributed by atoms with Gasteiger partial charge < -0.3 is 4.90 Å². The van der Waals surface area contributed by atoms with Crippen molar-refractivity contribution in [3.05, 3.63) is 60.2 Å². The summed E-state index contributed by atoms with van der Waals surface area (Å²) in [7, 11) is 0. The molecule has 0 fully saturated rings. The van der Waals surface area contributed by atoms with Crippen LogP contribution in [0.5, 0.6) is 0 Å². The summed E-state index contributed by atoms with van der Waals surface area (Å²) in [6, 6.07) is 14.9. The first kappa shape index (κ1) is 14.4. The third-order valence-corrected chi connectivity index (χ3v) is 3.00. The molecular formula is C16H16F3N. The minimum atomic E-state index is -4.32. The smallest absolute Gasteiger partial charge is 0.339 e. The zero-order valence-electron chi connectivity index (χ0n) is 11.4. The van der Waals surface area contributed by atoms with Crippen molar-refractivity contribution in [1.82, 2.24) is 0 Å². The van der Waals surface area contributed by atoms with Crippen LogP contribution in [0.25, 0.3) is 0 Å². The fourth-order valence-electron chi connectivity index (χ4n) is 2.17. The SMILES string of the molecule is CC(C)N(c1ccccc1)c1cccc(C(F)(F)F)c1. The van der Waals surface area contributed by atoms with Crippen molar-refractivity contribution in [2.24, 2.45) is 0 Å². The lowest BCUT2D eigenvalue weighted by Gasteiger charge is -2.29. The van der Waals surface area contributed by atoms with Gasteiger partial charge in [0, 0.05) is 17.4 Å². The van der Waals surface area contributed by atoms with Gasteiger partial charge in [-0.05, 0) is 44.2 Å². The molecule has 2 aromatic rings. The maximum atomic E-state index is 12.8. The summed E-state index contributed by atoms with van der Waals surface area (Å²) in [4.78, 5) is 1.88. The lowest BCUT2D eigenvalue weighted by atomic mass is 10.1. The number of para-hydroxylation sites is 1. The normalized spacial score (nSPS) is 11.7. The van der Waals surface area contributed by atoms with Gasteiger partial charge in [0.15, 0.2) is 0 Å². The number of anilines is 2. The van der Waals surface area contributed by atoms with E-state index in [1.54, 1.807) is 6.07 Å². The van der Waals surface area contributed by atoms with Gasteiger partial charge in [-0.2, -0.15) is 13.2 Å². The molecule has 0 spiro atoms. The summed E-state index contributed by atoms with van der Waals surface area (Å²) in [6.45, 7) is 3.90. The molecule has 106 valence electrons. The Kier molecular flexibility index (Phi) is 4.02. The Morgan fingerprint density at radius 2 is 1.45 bits per heavy atom. The molecule has 0 N–H and O–H groups in total. The molecule has 0 aliphatic carbocycles. The molecule has 0 aliphatic heterocycles. The molecule has 0 saturated heterocycles. The second-order valence-corrected chi connectivity index (χ2v) is 4.85. The molecule has 0 aromatic heterocycles. The molecule has 0 bridgehead atoms. The molecule has 0 radical (unpaired) electrons. The first-order chi connectivity index (χ1) is 9.39. The van der Waals surface area contributed by atoms with E-state index in [9.17, 15) is 13.2 Å². The molecule has 0 unspecified atom stereocenters. The summed E-state index contributed by atoms with van der Waals surface area (Å²) in [5.74, 6) is 0. The summed E-state index contributed by atoms with van der Waals surface area (Å²) < 4.78 is 38.4. The molecule has 0 aliphatic rings. The molecule has 0 heterocycles. The zero-order chi connectivity index (χ0) is 14.8. The lowest BCUT2D eigenvalue weighted by molar-refractivity contribution is -0.137. The standard InChI is InChI=1S/C16H16F3N/c1-12(2)20(14-8-4-3-5-9-14)15-10-6-7-13(11-15)16(17,18)19/h3-12H,1-2H3. The van der Waals surface area contributed by atoms with E-state index >= 15 is 0 Å². The van der Waals surface area contributed by atoms with Crippen molar-refractivity contribution < 1.29 is 13.2 Å². The van der Waals surface area contributed by atoms with E-state index < -0.39 is 11.7 Å². The van der Waals surface area contributed by atoms with Crippen molar-refractivity contribution in [2.45, 2.75) is 26.1 Å². The van der Waals surface area contributed by atoms with E-state index in [1.165, 1.54) is 12.1 Å². The quantitative estimate of drug-likeness (QED) is 0.741. The van der Waals surface area contributed by atoms with Crippen molar-refractivity contribution >= 4 is 11.4 Å². The lowest BCUT2D eigenvalue weighted by Crippen LogP contribution is -2.25. The second-order valence-electron chi connectivity index (χ2n) is 4.85. The highest BCUT2D eigenvalue weighted by Crippen LogP contribution is 2.34. The van der Waals surface area contributed by atoms with E-state index in [2.05, 4.69) is 0 Å². The van der Waals surface area contributed by atoms with Gasteiger partial charge >= 0.3 is 6.18 Å². The van der Waals surface area contributed by atoms with Crippen LogP contribution >= 0.6 is 0 Å². The van der Waals surface area contributed by atoms with E-state index in [0.717, 1.165) is 11.8 Å². The van der Waals surface area contributed by atoms with Crippen molar-refractivity contribution in [2.75, 3.05) is 4.90 Å². The second kappa shape index (κ2) is 5.57. The Hall–Kier alpha value is -1.97. The van der Waals surface area contributed by atoms with Crippen molar-refractivity contribution in [3.8, 4) is 0 Å². The van der Waals surface area contributed by atoms with Crippen LogP contribution in [0.3, 0.4) is 0 Å². The Morgan fingerprint density at radius 1 is 0.850 bits per heavy atom. The molecule has 0 amide bonds. The Balaban J connectivity index is 2.46. The molecule has 20 heavy (non-hydrogen) atoms. The van der Waals surface area contributed by atoms with Gasteiger partial charge in [-0.3, -0.25) is 0 Å². The predicted octanol–water partition coefficient (Wildman–Crippen LogP) is 5.25. The minimum absolute atomic E-state index is 0.0564. The number of halogens is 3. The number of rotatable bonds is 3. The number of hydrogen-bond donors (Lipinski definition) is 0. The predicted molar refractivity (Wildman–Crippen MR) is 75.2 cm³/mol. The number of benzene rings is 2.